The molecular weight excluding hydrogens is 262 g/mol. The van der Waals surface area contributed by atoms with Crippen LogP contribution >= 0.6 is 0 Å². The molecule has 100 valence electrons. The van der Waals surface area contributed by atoms with Gasteiger partial charge in [-0.1, -0.05) is 6.07 Å². The summed E-state index contributed by atoms with van der Waals surface area (Å²) < 4.78 is 17.5. The van der Waals surface area contributed by atoms with Crippen LogP contribution in [0.15, 0.2) is 30.3 Å². The number of hydrogen-bond donors (Lipinski definition) is 0. The Morgan fingerprint density at radius 1 is 1.15 bits per heavy atom. The van der Waals surface area contributed by atoms with Crippen LogP contribution < -0.4 is 14.2 Å². The molecule has 0 amide bonds. The van der Waals surface area contributed by atoms with Gasteiger partial charge in [0.1, 0.15) is 6.61 Å². The summed E-state index contributed by atoms with van der Waals surface area (Å²) in [5.74, 6) is 1.93. The van der Waals surface area contributed by atoms with Crippen molar-refractivity contribution in [3.8, 4) is 17.4 Å². The molecule has 3 aromatic rings. The van der Waals surface area contributed by atoms with Crippen LogP contribution in [0.5, 0.6) is 17.4 Å². The van der Waals surface area contributed by atoms with Crippen LogP contribution in [0.4, 0.5) is 0 Å². The summed E-state index contributed by atoms with van der Waals surface area (Å²) in [6, 6.07) is 9.13. The lowest BCUT2D eigenvalue weighted by Gasteiger charge is -2.05. The van der Waals surface area contributed by atoms with Crippen molar-refractivity contribution in [2.24, 2.45) is 0 Å². The highest BCUT2D eigenvalue weighted by Gasteiger charge is 2.13. The molecule has 0 atom stereocenters. The molecule has 2 aromatic heterocycles. The Kier molecular flexibility index (Phi) is 2.38. The maximum absolute atomic E-state index is 5.61. The lowest BCUT2D eigenvalue weighted by atomic mass is 10.2. The van der Waals surface area contributed by atoms with Crippen molar-refractivity contribution >= 4 is 5.65 Å². The van der Waals surface area contributed by atoms with Crippen molar-refractivity contribution < 1.29 is 14.2 Å². The second-order valence-corrected chi connectivity index (χ2v) is 4.17. The van der Waals surface area contributed by atoms with E-state index in [4.69, 9.17) is 14.2 Å². The SMILES string of the molecule is c1cc2c(cc1COc1ccc3nnnn3n1)OCO2. The molecule has 0 unspecified atom stereocenters. The fourth-order valence-corrected chi connectivity index (χ4v) is 1.90. The minimum Gasteiger partial charge on any atom is -0.472 e. The summed E-state index contributed by atoms with van der Waals surface area (Å²) in [4.78, 5) is 0. The summed E-state index contributed by atoms with van der Waals surface area (Å²) in [5, 5.41) is 15.1. The van der Waals surface area contributed by atoms with Gasteiger partial charge in [-0.3, -0.25) is 0 Å². The number of rotatable bonds is 3. The second-order valence-electron chi connectivity index (χ2n) is 4.17. The predicted molar refractivity (Wildman–Crippen MR) is 65.5 cm³/mol. The molecule has 4 rings (SSSR count). The van der Waals surface area contributed by atoms with Crippen molar-refractivity contribution in [3.05, 3.63) is 35.9 Å². The first kappa shape index (κ1) is 11.0. The molecule has 1 aromatic carbocycles. The van der Waals surface area contributed by atoms with Gasteiger partial charge in [0, 0.05) is 6.07 Å². The maximum Gasteiger partial charge on any atom is 0.233 e. The van der Waals surface area contributed by atoms with Crippen molar-refractivity contribution in [3.63, 3.8) is 0 Å². The molecule has 20 heavy (non-hydrogen) atoms. The van der Waals surface area contributed by atoms with Gasteiger partial charge in [-0.25, -0.2) is 0 Å². The fourth-order valence-electron chi connectivity index (χ4n) is 1.90. The van der Waals surface area contributed by atoms with Gasteiger partial charge in [-0.15, -0.1) is 14.8 Å². The van der Waals surface area contributed by atoms with Crippen LogP contribution in [0.3, 0.4) is 0 Å². The van der Waals surface area contributed by atoms with Crippen molar-refractivity contribution in [1.82, 2.24) is 25.3 Å². The molecule has 1 aliphatic heterocycles. The average Bonchev–Trinajstić information content (AvgIpc) is 3.12. The van der Waals surface area contributed by atoms with E-state index in [2.05, 4.69) is 20.6 Å². The topological polar surface area (TPSA) is 83.7 Å². The Morgan fingerprint density at radius 3 is 3.10 bits per heavy atom. The summed E-state index contributed by atoms with van der Waals surface area (Å²) in [6.45, 7) is 0.633. The molecule has 0 spiro atoms. The number of benzene rings is 1. The highest BCUT2D eigenvalue weighted by atomic mass is 16.7. The van der Waals surface area contributed by atoms with Crippen molar-refractivity contribution in [1.29, 1.82) is 0 Å². The van der Waals surface area contributed by atoms with E-state index in [0.29, 0.717) is 18.1 Å². The quantitative estimate of drug-likeness (QED) is 0.697. The lowest BCUT2D eigenvalue weighted by Crippen LogP contribution is -2.01. The monoisotopic (exact) mass is 271 g/mol. The van der Waals surface area contributed by atoms with Gasteiger partial charge in [0.25, 0.3) is 0 Å². The minimum absolute atomic E-state index is 0.261. The van der Waals surface area contributed by atoms with E-state index in [1.54, 1.807) is 12.1 Å². The maximum atomic E-state index is 5.61. The molecule has 0 saturated carbocycles. The predicted octanol–water partition coefficient (Wildman–Crippen LogP) is 0.827. The normalized spacial score (nSPS) is 12.8. The van der Waals surface area contributed by atoms with Gasteiger partial charge in [0.2, 0.25) is 12.7 Å². The molecule has 1 aliphatic rings. The Labute approximate surface area is 112 Å². The number of nitrogens with zero attached hydrogens (tertiary/aromatic N) is 5. The summed E-state index contributed by atoms with van der Waals surface area (Å²) in [6.07, 6.45) is 0. The highest BCUT2D eigenvalue weighted by Crippen LogP contribution is 2.32. The van der Waals surface area contributed by atoms with Gasteiger partial charge < -0.3 is 14.2 Å². The molecule has 0 N–H and O–H groups in total. The first-order valence-corrected chi connectivity index (χ1v) is 5.95. The van der Waals surface area contributed by atoms with Gasteiger partial charge in [-0.05, 0) is 34.2 Å². The molecule has 0 fully saturated rings. The minimum atomic E-state index is 0.261. The summed E-state index contributed by atoms with van der Waals surface area (Å²) in [5.41, 5.74) is 1.54. The van der Waals surface area contributed by atoms with Gasteiger partial charge in [0.15, 0.2) is 17.1 Å². The van der Waals surface area contributed by atoms with Gasteiger partial charge in [0.05, 0.1) is 0 Å². The zero-order valence-electron chi connectivity index (χ0n) is 10.3. The number of ether oxygens (including phenoxy) is 3. The summed E-state index contributed by atoms with van der Waals surface area (Å²) in [7, 11) is 0. The Morgan fingerprint density at radius 2 is 2.10 bits per heavy atom. The van der Waals surface area contributed by atoms with E-state index < -0.39 is 0 Å². The van der Waals surface area contributed by atoms with Crippen LogP contribution in [-0.2, 0) is 6.61 Å². The third kappa shape index (κ3) is 1.87. The first-order chi connectivity index (χ1) is 9.88. The molecule has 8 nitrogen and oxygen atoms in total. The largest absolute Gasteiger partial charge is 0.472 e. The zero-order valence-corrected chi connectivity index (χ0v) is 10.3. The Balaban J connectivity index is 1.52. The summed E-state index contributed by atoms with van der Waals surface area (Å²) >= 11 is 0. The van der Waals surface area contributed by atoms with E-state index in [1.165, 1.54) is 4.63 Å². The van der Waals surface area contributed by atoms with E-state index >= 15 is 0 Å². The molecule has 0 bridgehead atoms. The number of hydrogen-bond acceptors (Lipinski definition) is 7. The van der Waals surface area contributed by atoms with Gasteiger partial charge in [-0.2, -0.15) is 0 Å². The molecule has 0 saturated heterocycles. The first-order valence-electron chi connectivity index (χ1n) is 5.95. The van der Waals surface area contributed by atoms with Crippen molar-refractivity contribution in [2.75, 3.05) is 6.79 Å². The number of aromatic nitrogens is 5. The molecule has 0 radical (unpaired) electrons. The van der Waals surface area contributed by atoms with Crippen LogP contribution in [0.25, 0.3) is 5.65 Å². The zero-order chi connectivity index (χ0) is 13.4. The van der Waals surface area contributed by atoms with E-state index in [1.807, 2.05) is 18.2 Å². The van der Waals surface area contributed by atoms with Gasteiger partial charge >= 0.3 is 0 Å². The molecule has 0 aliphatic carbocycles. The number of tetrazole rings is 1. The molecule has 8 heteroatoms. The second kappa shape index (κ2) is 4.34. The molecule has 3 heterocycles. The lowest BCUT2D eigenvalue weighted by molar-refractivity contribution is 0.174. The van der Waals surface area contributed by atoms with Crippen LogP contribution in [-0.4, -0.2) is 32.0 Å². The average molecular weight is 271 g/mol. The fraction of sp³-hybridized carbons (Fsp3) is 0.167. The standard InChI is InChI=1S/C12H9N5O3/c1-2-9-10(20-7-19-9)5-8(1)6-18-12-4-3-11-13-15-16-17(11)14-12/h1-5H,6-7H2. The third-order valence-electron chi connectivity index (χ3n) is 2.87. The van der Waals surface area contributed by atoms with Crippen LogP contribution in [0.2, 0.25) is 0 Å². The highest BCUT2D eigenvalue weighted by molar-refractivity contribution is 5.44. The van der Waals surface area contributed by atoms with E-state index in [-0.39, 0.29) is 6.79 Å². The Bertz CT molecular complexity index is 773. The number of fused-ring (bicyclic) bond motifs is 2. The van der Waals surface area contributed by atoms with E-state index in [9.17, 15) is 0 Å². The smallest absolute Gasteiger partial charge is 0.233 e. The van der Waals surface area contributed by atoms with Crippen molar-refractivity contribution in [2.45, 2.75) is 6.61 Å². The van der Waals surface area contributed by atoms with E-state index in [0.717, 1.165) is 17.1 Å². The van der Waals surface area contributed by atoms with Crippen LogP contribution in [0, 0.1) is 0 Å². The molecular formula is C12H9N5O3. The van der Waals surface area contributed by atoms with Crippen LogP contribution in [0.1, 0.15) is 5.56 Å². The Hall–Kier alpha value is -2.90. The third-order valence-corrected chi connectivity index (χ3v) is 2.87.